The van der Waals surface area contributed by atoms with Crippen molar-refractivity contribution in [2.75, 3.05) is 0 Å². The highest BCUT2D eigenvalue weighted by Gasteiger charge is 2.07. The molecule has 2 aromatic rings. The molecule has 4 nitrogen and oxygen atoms in total. The standard InChI is InChI=1S/C16H15NO3S/c1-10-7-11(15(17)18)5-6-13(10)9-21-14-4-2-3-12(8-14)16(19)20/h2-8H,9H2,1H3,(H2,17,18)(H,19,20). The van der Waals surface area contributed by atoms with Crippen molar-refractivity contribution in [1.82, 2.24) is 0 Å². The van der Waals surface area contributed by atoms with E-state index in [1.165, 1.54) is 0 Å². The topological polar surface area (TPSA) is 80.4 Å². The highest BCUT2D eigenvalue weighted by Crippen LogP contribution is 2.25. The van der Waals surface area contributed by atoms with Crippen LogP contribution < -0.4 is 5.73 Å². The lowest BCUT2D eigenvalue weighted by atomic mass is 10.1. The third-order valence-corrected chi connectivity index (χ3v) is 4.15. The van der Waals surface area contributed by atoms with E-state index in [1.54, 1.807) is 42.1 Å². The summed E-state index contributed by atoms with van der Waals surface area (Å²) in [5, 5.41) is 8.97. The van der Waals surface area contributed by atoms with Crippen LogP contribution in [0.5, 0.6) is 0 Å². The molecule has 0 aliphatic heterocycles. The average molecular weight is 301 g/mol. The Kier molecular flexibility index (Phi) is 4.65. The van der Waals surface area contributed by atoms with Gasteiger partial charge in [0, 0.05) is 16.2 Å². The van der Waals surface area contributed by atoms with Gasteiger partial charge in [0.25, 0.3) is 0 Å². The number of carboxylic acids is 1. The van der Waals surface area contributed by atoms with E-state index >= 15 is 0 Å². The van der Waals surface area contributed by atoms with E-state index in [0.29, 0.717) is 11.3 Å². The van der Waals surface area contributed by atoms with Crippen molar-refractivity contribution >= 4 is 23.6 Å². The minimum Gasteiger partial charge on any atom is -0.478 e. The number of carbonyl (C=O) groups is 2. The van der Waals surface area contributed by atoms with Gasteiger partial charge in [0.2, 0.25) is 5.91 Å². The van der Waals surface area contributed by atoms with Crippen molar-refractivity contribution in [3.8, 4) is 0 Å². The van der Waals surface area contributed by atoms with Gasteiger partial charge in [-0.1, -0.05) is 12.1 Å². The molecule has 0 unspecified atom stereocenters. The van der Waals surface area contributed by atoms with Gasteiger partial charge in [-0.3, -0.25) is 4.79 Å². The van der Waals surface area contributed by atoms with Crippen molar-refractivity contribution < 1.29 is 14.7 Å². The molecule has 0 bridgehead atoms. The third-order valence-electron chi connectivity index (χ3n) is 3.10. The first-order valence-electron chi connectivity index (χ1n) is 6.33. The number of primary amides is 1. The molecule has 0 saturated carbocycles. The summed E-state index contributed by atoms with van der Waals surface area (Å²) in [7, 11) is 0. The first-order valence-corrected chi connectivity index (χ1v) is 7.31. The van der Waals surface area contributed by atoms with E-state index in [4.69, 9.17) is 10.8 Å². The number of rotatable bonds is 5. The van der Waals surface area contributed by atoms with Crippen LogP contribution in [0.2, 0.25) is 0 Å². The molecule has 0 atom stereocenters. The minimum atomic E-state index is -0.931. The minimum absolute atomic E-state index is 0.279. The molecule has 0 radical (unpaired) electrons. The summed E-state index contributed by atoms with van der Waals surface area (Å²) in [4.78, 5) is 22.9. The second-order valence-electron chi connectivity index (χ2n) is 4.63. The van der Waals surface area contributed by atoms with Gasteiger partial charge >= 0.3 is 5.97 Å². The summed E-state index contributed by atoms with van der Waals surface area (Å²) >= 11 is 1.55. The van der Waals surface area contributed by atoms with Crippen molar-refractivity contribution in [1.29, 1.82) is 0 Å². The van der Waals surface area contributed by atoms with Gasteiger partial charge in [0.15, 0.2) is 0 Å². The highest BCUT2D eigenvalue weighted by atomic mass is 32.2. The number of carbonyl (C=O) groups excluding carboxylic acids is 1. The Balaban J connectivity index is 2.11. The molecular weight excluding hydrogens is 286 g/mol. The fraction of sp³-hybridized carbons (Fsp3) is 0.125. The fourth-order valence-electron chi connectivity index (χ4n) is 1.89. The predicted octanol–water partition coefficient (Wildman–Crippen LogP) is 3.08. The number of nitrogens with two attached hydrogens (primary N) is 1. The predicted molar refractivity (Wildman–Crippen MR) is 82.7 cm³/mol. The monoisotopic (exact) mass is 301 g/mol. The molecule has 3 N–H and O–H groups in total. The molecule has 0 aliphatic carbocycles. The fourth-order valence-corrected chi connectivity index (χ4v) is 2.92. The Morgan fingerprint density at radius 2 is 1.90 bits per heavy atom. The Morgan fingerprint density at radius 1 is 1.14 bits per heavy atom. The zero-order chi connectivity index (χ0) is 15.4. The zero-order valence-electron chi connectivity index (χ0n) is 11.5. The molecule has 5 heteroatoms. The summed E-state index contributed by atoms with van der Waals surface area (Å²) in [6.45, 7) is 1.93. The first kappa shape index (κ1) is 15.1. The van der Waals surface area contributed by atoms with Crippen LogP contribution >= 0.6 is 11.8 Å². The van der Waals surface area contributed by atoms with Gasteiger partial charge in [-0.15, -0.1) is 11.8 Å². The summed E-state index contributed by atoms with van der Waals surface area (Å²) < 4.78 is 0. The number of amides is 1. The first-order chi connectivity index (χ1) is 9.97. The van der Waals surface area contributed by atoms with Crippen molar-refractivity contribution in [3.63, 3.8) is 0 Å². The maximum absolute atomic E-state index is 11.1. The molecule has 0 saturated heterocycles. The number of hydrogen-bond donors (Lipinski definition) is 2. The Bertz CT molecular complexity index is 698. The van der Waals surface area contributed by atoms with E-state index < -0.39 is 11.9 Å². The van der Waals surface area contributed by atoms with E-state index in [1.807, 2.05) is 19.1 Å². The van der Waals surface area contributed by atoms with Crippen LogP contribution in [-0.4, -0.2) is 17.0 Å². The zero-order valence-corrected chi connectivity index (χ0v) is 12.3. The van der Waals surface area contributed by atoms with Crippen LogP contribution in [0.15, 0.2) is 47.4 Å². The van der Waals surface area contributed by atoms with Crippen molar-refractivity contribution in [3.05, 3.63) is 64.7 Å². The van der Waals surface area contributed by atoms with E-state index in [0.717, 1.165) is 16.0 Å². The second-order valence-corrected chi connectivity index (χ2v) is 5.68. The van der Waals surface area contributed by atoms with Gasteiger partial charge in [0.1, 0.15) is 0 Å². The van der Waals surface area contributed by atoms with E-state index in [9.17, 15) is 9.59 Å². The SMILES string of the molecule is Cc1cc(C(N)=O)ccc1CSc1cccc(C(=O)O)c1. The Hall–Kier alpha value is -2.27. The van der Waals surface area contributed by atoms with Crippen LogP contribution in [-0.2, 0) is 5.75 Å². The molecule has 21 heavy (non-hydrogen) atoms. The number of hydrogen-bond acceptors (Lipinski definition) is 3. The number of benzene rings is 2. The van der Waals surface area contributed by atoms with E-state index in [-0.39, 0.29) is 5.56 Å². The van der Waals surface area contributed by atoms with Crippen LogP contribution in [0, 0.1) is 6.92 Å². The lowest BCUT2D eigenvalue weighted by molar-refractivity contribution is 0.0696. The quantitative estimate of drug-likeness (QED) is 0.832. The number of thioether (sulfide) groups is 1. The second kappa shape index (κ2) is 6.45. The summed E-state index contributed by atoms with van der Waals surface area (Å²) in [6, 6.07) is 12.2. The van der Waals surface area contributed by atoms with Gasteiger partial charge < -0.3 is 10.8 Å². The smallest absolute Gasteiger partial charge is 0.335 e. The van der Waals surface area contributed by atoms with Crippen LogP contribution in [0.3, 0.4) is 0 Å². The highest BCUT2D eigenvalue weighted by molar-refractivity contribution is 7.98. The Morgan fingerprint density at radius 3 is 2.52 bits per heavy atom. The lowest BCUT2D eigenvalue weighted by Crippen LogP contribution is -2.11. The molecule has 0 heterocycles. The molecule has 0 fully saturated rings. The Labute approximate surface area is 127 Å². The maximum Gasteiger partial charge on any atom is 0.335 e. The normalized spacial score (nSPS) is 10.3. The number of aryl methyl sites for hydroxylation is 1. The summed E-state index contributed by atoms with van der Waals surface area (Å²) in [6.07, 6.45) is 0. The van der Waals surface area contributed by atoms with E-state index in [2.05, 4.69) is 0 Å². The summed E-state index contributed by atoms with van der Waals surface area (Å²) in [5.74, 6) is -0.667. The van der Waals surface area contributed by atoms with Gasteiger partial charge in [0.05, 0.1) is 5.56 Å². The maximum atomic E-state index is 11.1. The van der Waals surface area contributed by atoms with Crippen LogP contribution in [0.4, 0.5) is 0 Å². The van der Waals surface area contributed by atoms with Gasteiger partial charge in [-0.25, -0.2) is 4.79 Å². The average Bonchev–Trinajstić information content (AvgIpc) is 2.46. The van der Waals surface area contributed by atoms with Crippen molar-refractivity contribution in [2.45, 2.75) is 17.6 Å². The number of carboxylic acid groups (broad SMARTS) is 1. The van der Waals surface area contributed by atoms with Gasteiger partial charge in [-0.05, 0) is 48.4 Å². The molecule has 2 aromatic carbocycles. The molecule has 2 rings (SSSR count). The molecule has 1 amide bonds. The molecular formula is C16H15NO3S. The van der Waals surface area contributed by atoms with Crippen molar-refractivity contribution in [2.24, 2.45) is 5.73 Å². The molecule has 0 aromatic heterocycles. The van der Waals surface area contributed by atoms with Gasteiger partial charge in [-0.2, -0.15) is 0 Å². The van der Waals surface area contributed by atoms with Crippen LogP contribution in [0.1, 0.15) is 31.8 Å². The summed E-state index contributed by atoms with van der Waals surface area (Å²) in [5.41, 5.74) is 8.10. The molecule has 108 valence electrons. The van der Waals surface area contributed by atoms with Crippen LogP contribution in [0.25, 0.3) is 0 Å². The molecule has 0 spiro atoms. The number of aromatic carboxylic acids is 1. The molecule has 0 aliphatic rings. The third kappa shape index (κ3) is 3.86. The lowest BCUT2D eigenvalue weighted by Gasteiger charge is -2.07. The largest absolute Gasteiger partial charge is 0.478 e.